The molecule has 0 spiro atoms. The second kappa shape index (κ2) is 7.65. The molecule has 0 unspecified atom stereocenters. The molecule has 1 saturated heterocycles. The number of hydrogen-bond donors (Lipinski definition) is 5. The molecule has 0 amide bonds. The monoisotopic (exact) mass is 421 g/mol. The van der Waals surface area contributed by atoms with Gasteiger partial charge in [0.1, 0.15) is 24.1 Å². The van der Waals surface area contributed by atoms with Gasteiger partial charge in [-0.3, -0.25) is 14.3 Å². The summed E-state index contributed by atoms with van der Waals surface area (Å²) in [5.74, 6) is 0.550. The van der Waals surface area contributed by atoms with Crippen molar-refractivity contribution in [3.8, 4) is 5.75 Å². The van der Waals surface area contributed by atoms with Crippen molar-refractivity contribution in [2.75, 3.05) is 19.5 Å². The number of rotatable bonds is 5. The molecule has 6 N–H and O–H groups in total. The van der Waals surface area contributed by atoms with Crippen LogP contribution in [0.15, 0.2) is 39.1 Å². The van der Waals surface area contributed by atoms with Gasteiger partial charge in [0, 0.05) is 4.90 Å². The number of H-pyrrole nitrogens is 1. The number of methoxy groups -OCH3 is 1. The molecule has 2 aromatic heterocycles. The van der Waals surface area contributed by atoms with Gasteiger partial charge in [0.05, 0.1) is 13.7 Å². The minimum atomic E-state index is -1.37. The molecule has 3 aromatic rings. The van der Waals surface area contributed by atoms with E-state index in [1.54, 1.807) is 31.4 Å². The van der Waals surface area contributed by atoms with E-state index in [1.807, 2.05) is 0 Å². The lowest BCUT2D eigenvalue weighted by Gasteiger charge is -2.19. The number of nitrogen functional groups attached to an aromatic ring is 1. The largest absolute Gasteiger partial charge is 0.497 e. The Bertz CT molecular complexity index is 1080. The van der Waals surface area contributed by atoms with E-state index in [4.69, 9.17) is 15.2 Å². The van der Waals surface area contributed by atoms with Crippen LogP contribution in [-0.4, -0.2) is 66.9 Å². The maximum Gasteiger partial charge on any atom is 0.280 e. The zero-order chi connectivity index (χ0) is 20.7. The molecule has 0 radical (unpaired) electrons. The highest BCUT2D eigenvalue weighted by molar-refractivity contribution is 7.99. The van der Waals surface area contributed by atoms with Crippen LogP contribution in [0.3, 0.4) is 0 Å². The number of aromatic amines is 1. The van der Waals surface area contributed by atoms with Gasteiger partial charge >= 0.3 is 0 Å². The average molecular weight is 421 g/mol. The predicted octanol–water partition coefficient (Wildman–Crippen LogP) is -0.527. The van der Waals surface area contributed by atoms with Crippen molar-refractivity contribution < 1.29 is 24.8 Å². The summed E-state index contributed by atoms with van der Waals surface area (Å²) < 4.78 is 12.2. The summed E-state index contributed by atoms with van der Waals surface area (Å²) in [6, 6.07) is 7.14. The Labute approximate surface area is 168 Å². The van der Waals surface area contributed by atoms with Gasteiger partial charge in [-0.25, -0.2) is 4.98 Å². The number of benzene rings is 1. The molecule has 154 valence electrons. The van der Waals surface area contributed by atoms with E-state index < -0.39 is 36.7 Å². The minimum Gasteiger partial charge on any atom is -0.497 e. The standard InChI is InChI=1S/C17H19N5O6S/c1-27-7-2-4-8(5-3-7)29-17-19-10-13(20-16(18)21-14(10)26)22(17)15-12(25)11(24)9(6-23)28-15/h2-5,9,11-12,15,23-25H,6H2,1H3,(H3,18,20,21,26)/t9-,11-,12-,15-/m1/s1. The van der Waals surface area contributed by atoms with Crippen molar-refractivity contribution in [3.05, 3.63) is 34.6 Å². The Balaban J connectivity index is 1.84. The van der Waals surface area contributed by atoms with Crippen molar-refractivity contribution in [1.29, 1.82) is 0 Å². The van der Waals surface area contributed by atoms with Crippen LogP contribution in [0.1, 0.15) is 6.23 Å². The van der Waals surface area contributed by atoms with Gasteiger partial charge in [-0.1, -0.05) is 11.8 Å². The second-order valence-electron chi connectivity index (χ2n) is 6.39. The van der Waals surface area contributed by atoms with Crippen molar-refractivity contribution in [3.63, 3.8) is 0 Å². The number of hydrogen-bond acceptors (Lipinski definition) is 10. The third-order valence-electron chi connectivity index (χ3n) is 4.58. The summed E-state index contributed by atoms with van der Waals surface area (Å²) in [6.45, 7) is -0.488. The summed E-state index contributed by atoms with van der Waals surface area (Å²) in [5, 5.41) is 30.3. The fourth-order valence-electron chi connectivity index (χ4n) is 3.12. The molecular weight excluding hydrogens is 402 g/mol. The van der Waals surface area contributed by atoms with Crippen LogP contribution in [0, 0.1) is 0 Å². The predicted molar refractivity (Wildman–Crippen MR) is 103 cm³/mol. The average Bonchev–Trinajstić information content (AvgIpc) is 3.20. The lowest BCUT2D eigenvalue weighted by atomic mass is 10.1. The number of aromatic nitrogens is 4. The van der Waals surface area contributed by atoms with Gasteiger partial charge in [-0.15, -0.1) is 0 Å². The number of anilines is 1. The van der Waals surface area contributed by atoms with Crippen LogP contribution in [0.25, 0.3) is 11.2 Å². The number of aliphatic hydroxyl groups is 3. The van der Waals surface area contributed by atoms with Crippen molar-refractivity contribution >= 4 is 28.9 Å². The molecule has 4 atom stereocenters. The maximum absolute atomic E-state index is 12.3. The molecule has 0 aliphatic carbocycles. The van der Waals surface area contributed by atoms with Gasteiger partial charge in [-0.05, 0) is 24.3 Å². The highest BCUT2D eigenvalue weighted by Gasteiger charge is 2.45. The van der Waals surface area contributed by atoms with E-state index in [0.717, 1.165) is 4.90 Å². The normalized spacial score (nSPS) is 24.3. The zero-order valence-electron chi connectivity index (χ0n) is 15.2. The summed E-state index contributed by atoms with van der Waals surface area (Å²) in [6.07, 6.45) is -4.81. The summed E-state index contributed by atoms with van der Waals surface area (Å²) >= 11 is 1.20. The lowest BCUT2D eigenvalue weighted by Crippen LogP contribution is -2.33. The molecule has 0 bridgehead atoms. The summed E-state index contributed by atoms with van der Waals surface area (Å²) in [4.78, 5) is 23.9. The van der Waals surface area contributed by atoms with Gasteiger partial charge in [-0.2, -0.15) is 4.98 Å². The third kappa shape index (κ3) is 3.45. The molecule has 29 heavy (non-hydrogen) atoms. The Hall–Kier alpha value is -2.64. The van der Waals surface area contributed by atoms with Crippen LogP contribution in [0.2, 0.25) is 0 Å². The van der Waals surface area contributed by atoms with Gasteiger partial charge < -0.3 is 30.5 Å². The van der Waals surface area contributed by atoms with Gasteiger partial charge in [0.25, 0.3) is 5.56 Å². The molecule has 4 rings (SSSR count). The number of aliphatic hydroxyl groups excluding tert-OH is 3. The number of nitrogens with two attached hydrogens (primary N) is 1. The molecule has 12 heteroatoms. The smallest absolute Gasteiger partial charge is 0.280 e. The number of imidazole rings is 1. The number of ether oxygens (including phenoxy) is 2. The summed E-state index contributed by atoms with van der Waals surface area (Å²) in [7, 11) is 1.56. The fraction of sp³-hybridized carbons (Fsp3) is 0.353. The molecule has 3 heterocycles. The molecule has 1 aromatic carbocycles. The number of nitrogens with one attached hydrogen (secondary N) is 1. The Morgan fingerprint density at radius 3 is 2.62 bits per heavy atom. The van der Waals surface area contributed by atoms with Crippen LogP contribution in [0.5, 0.6) is 5.75 Å². The molecule has 1 aliphatic rings. The van der Waals surface area contributed by atoms with Crippen LogP contribution in [-0.2, 0) is 4.74 Å². The van der Waals surface area contributed by atoms with Crippen molar-refractivity contribution in [2.45, 2.75) is 34.6 Å². The first-order valence-electron chi connectivity index (χ1n) is 8.65. The van der Waals surface area contributed by atoms with E-state index >= 15 is 0 Å². The van der Waals surface area contributed by atoms with Gasteiger partial charge in [0.15, 0.2) is 22.5 Å². The first-order valence-corrected chi connectivity index (χ1v) is 9.46. The van der Waals surface area contributed by atoms with E-state index in [1.165, 1.54) is 16.3 Å². The van der Waals surface area contributed by atoms with Crippen molar-refractivity contribution in [2.24, 2.45) is 0 Å². The first-order chi connectivity index (χ1) is 13.9. The van der Waals surface area contributed by atoms with Crippen LogP contribution < -0.4 is 16.0 Å². The van der Waals surface area contributed by atoms with Gasteiger partial charge in [0.2, 0.25) is 5.95 Å². The zero-order valence-corrected chi connectivity index (χ0v) is 16.0. The van der Waals surface area contributed by atoms with E-state index in [0.29, 0.717) is 10.9 Å². The topological polar surface area (TPSA) is 169 Å². The molecule has 1 aliphatic heterocycles. The lowest BCUT2D eigenvalue weighted by molar-refractivity contribution is -0.0548. The van der Waals surface area contributed by atoms with E-state index in [2.05, 4.69) is 15.0 Å². The Kier molecular flexibility index (Phi) is 5.19. The first kappa shape index (κ1) is 19.7. The molecule has 1 fully saturated rings. The highest BCUT2D eigenvalue weighted by Crippen LogP contribution is 2.37. The Morgan fingerprint density at radius 1 is 1.28 bits per heavy atom. The number of fused-ring (bicyclic) bond motifs is 1. The Morgan fingerprint density at radius 2 is 2.00 bits per heavy atom. The molecule has 11 nitrogen and oxygen atoms in total. The van der Waals surface area contributed by atoms with E-state index in [9.17, 15) is 20.1 Å². The molecule has 0 saturated carbocycles. The minimum absolute atomic E-state index is 0.00736. The number of nitrogens with zero attached hydrogens (tertiary/aromatic N) is 3. The summed E-state index contributed by atoms with van der Waals surface area (Å²) in [5.41, 5.74) is 5.24. The fourth-order valence-corrected chi connectivity index (χ4v) is 4.03. The van der Waals surface area contributed by atoms with Crippen LogP contribution in [0.4, 0.5) is 5.95 Å². The van der Waals surface area contributed by atoms with E-state index in [-0.39, 0.29) is 17.1 Å². The van der Waals surface area contributed by atoms with Crippen molar-refractivity contribution in [1.82, 2.24) is 19.5 Å². The maximum atomic E-state index is 12.3. The second-order valence-corrected chi connectivity index (χ2v) is 7.43. The SMILES string of the molecule is COc1ccc(Sc2nc3c(=O)[nH]c(N)nc3n2[C@@H]2O[C@H](CO)[C@@H](O)[C@H]2O)cc1. The highest BCUT2D eigenvalue weighted by atomic mass is 32.2. The molecular formula is C17H19N5O6S. The third-order valence-corrected chi connectivity index (χ3v) is 5.56. The quantitative estimate of drug-likeness (QED) is 0.361. The van der Waals surface area contributed by atoms with Crippen LogP contribution >= 0.6 is 11.8 Å².